The molecule has 1 fully saturated rings. The minimum absolute atomic E-state index is 0.158. The molecule has 5 nitrogen and oxygen atoms in total. The third-order valence-corrected chi connectivity index (χ3v) is 5.52. The summed E-state index contributed by atoms with van der Waals surface area (Å²) in [4.78, 5) is 11.2. The van der Waals surface area contributed by atoms with E-state index in [-0.39, 0.29) is 6.04 Å². The minimum Gasteiger partial charge on any atom is -0.337 e. The van der Waals surface area contributed by atoms with E-state index in [0.29, 0.717) is 17.0 Å². The maximum atomic E-state index is 5.53. The summed E-state index contributed by atoms with van der Waals surface area (Å²) in [5.41, 5.74) is 0.894. The molecule has 2 atom stereocenters. The van der Waals surface area contributed by atoms with Crippen molar-refractivity contribution in [1.29, 1.82) is 0 Å². The van der Waals surface area contributed by atoms with E-state index in [0.717, 1.165) is 18.7 Å². The van der Waals surface area contributed by atoms with E-state index < -0.39 is 0 Å². The molecule has 0 saturated carbocycles. The van der Waals surface area contributed by atoms with Gasteiger partial charge in [0.2, 0.25) is 11.7 Å². The Bertz CT molecular complexity index is 604. The Morgan fingerprint density at radius 3 is 3.13 bits per heavy atom. The van der Waals surface area contributed by atoms with Crippen LogP contribution in [0.3, 0.4) is 0 Å². The lowest BCUT2D eigenvalue weighted by atomic mass is 10.2. The molecule has 2 aromatic heterocycles. The van der Waals surface area contributed by atoms with E-state index in [1.54, 1.807) is 12.4 Å². The molecule has 3 heterocycles. The maximum absolute atomic E-state index is 5.53. The summed E-state index contributed by atoms with van der Waals surface area (Å²) in [6.45, 7) is 6.61. The first-order valence-corrected chi connectivity index (χ1v) is 9.42. The van der Waals surface area contributed by atoms with Gasteiger partial charge in [0.15, 0.2) is 0 Å². The summed E-state index contributed by atoms with van der Waals surface area (Å²) in [5.74, 6) is 2.50. The van der Waals surface area contributed by atoms with Gasteiger partial charge in [0, 0.05) is 29.8 Å². The highest BCUT2D eigenvalue weighted by atomic mass is 32.2. The summed E-state index contributed by atoms with van der Waals surface area (Å²) < 4.78 is 5.53. The lowest BCUT2D eigenvalue weighted by Crippen LogP contribution is -2.32. The number of nitrogens with zero attached hydrogens (tertiary/aromatic N) is 4. The van der Waals surface area contributed by atoms with Crippen LogP contribution in [0.5, 0.6) is 0 Å². The Hall–Kier alpha value is -1.40. The van der Waals surface area contributed by atoms with Crippen molar-refractivity contribution in [2.45, 2.75) is 44.4 Å². The molecule has 0 aromatic carbocycles. The van der Waals surface area contributed by atoms with Crippen molar-refractivity contribution in [3.63, 3.8) is 0 Å². The van der Waals surface area contributed by atoms with Crippen molar-refractivity contribution in [3.8, 4) is 11.4 Å². The van der Waals surface area contributed by atoms with Gasteiger partial charge in [0.25, 0.3) is 0 Å². The molecular formula is C17H24N4OS. The molecule has 0 radical (unpaired) electrons. The summed E-state index contributed by atoms with van der Waals surface area (Å²) in [7, 11) is 0. The van der Waals surface area contributed by atoms with E-state index in [2.05, 4.69) is 45.6 Å². The highest BCUT2D eigenvalue weighted by Gasteiger charge is 2.26. The van der Waals surface area contributed by atoms with E-state index in [1.165, 1.54) is 25.0 Å². The Balaban J connectivity index is 1.72. The molecule has 0 aliphatic carbocycles. The van der Waals surface area contributed by atoms with Crippen LogP contribution in [0.4, 0.5) is 0 Å². The quantitative estimate of drug-likeness (QED) is 0.830. The van der Waals surface area contributed by atoms with Gasteiger partial charge in [0.05, 0.1) is 6.04 Å². The van der Waals surface area contributed by atoms with E-state index in [1.807, 2.05) is 12.1 Å². The van der Waals surface area contributed by atoms with Gasteiger partial charge in [-0.15, -0.1) is 0 Å². The standard InChI is InChI=1S/C17H24N4OS/c1-3-23-15-8-4-5-10-21(12-15)13(2)17-19-16(20-22-17)14-7-6-9-18-11-14/h6-7,9,11,13,15H,3-5,8,10,12H2,1-2H3/t13-,15+/m0/s1. The molecule has 1 aliphatic heterocycles. The Kier molecular flexibility index (Phi) is 5.67. The number of likely N-dealkylation sites (tertiary alicyclic amines) is 1. The van der Waals surface area contributed by atoms with Crippen molar-refractivity contribution >= 4 is 11.8 Å². The van der Waals surface area contributed by atoms with Crippen LogP contribution >= 0.6 is 11.8 Å². The highest BCUT2D eigenvalue weighted by molar-refractivity contribution is 7.99. The predicted molar refractivity (Wildman–Crippen MR) is 93.3 cm³/mol. The summed E-state index contributed by atoms with van der Waals surface area (Å²) in [5, 5.41) is 4.84. The van der Waals surface area contributed by atoms with Crippen LogP contribution < -0.4 is 0 Å². The molecule has 6 heteroatoms. The first kappa shape index (κ1) is 16.5. The number of pyridine rings is 1. The predicted octanol–water partition coefficient (Wildman–Crippen LogP) is 3.80. The molecule has 0 bridgehead atoms. The van der Waals surface area contributed by atoms with Gasteiger partial charge >= 0.3 is 0 Å². The first-order valence-electron chi connectivity index (χ1n) is 8.37. The molecule has 23 heavy (non-hydrogen) atoms. The van der Waals surface area contributed by atoms with Crippen molar-refractivity contribution in [3.05, 3.63) is 30.4 Å². The fourth-order valence-corrected chi connectivity index (χ4v) is 4.13. The Labute approximate surface area is 141 Å². The monoisotopic (exact) mass is 332 g/mol. The zero-order valence-electron chi connectivity index (χ0n) is 13.8. The van der Waals surface area contributed by atoms with Gasteiger partial charge < -0.3 is 4.52 Å². The molecule has 1 saturated heterocycles. The van der Waals surface area contributed by atoms with Gasteiger partial charge in [-0.25, -0.2) is 0 Å². The maximum Gasteiger partial charge on any atom is 0.244 e. The molecule has 0 spiro atoms. The molecule has 2 aromatic rings. The molecule has 1 aliphatic rings. The molecule has 3 rings (SSSR count). The molecule has 0 unspecified atom stereocenters. The van der Waals surface area contributed by atoms with Crippen molar-refractivity contribution in [1.82, 2.24) is 20.0 Å². The zero-order valence-corrected chi connectivity index (χ0v) is 14.6. The second-order valence-electron chi connectivity index (χ2n) is 5.94. The van der Waals surface area contributed by atoms with Crippen LogP contribution in [0.25, 0.3) is 11.4 Å². The number of aromatic nitrogens is 3. The lowest BCUT2D eigenvalue weighted by molar-refractivity contribution is 0.180. The molecule has 124 valence electrons. The van der Waals surface area contributed by atoms with Crippen LogP contribution in [0.15, 0.2) is 29.0 Å². The van der Waals surface area contributed by atoms with Crippen LogP contribution in [0.2, 0.25) is 0 Å². The highest BCUT2D eigenvalue weighted by Crippen LogP contribution is 2.28. The van der Waals surface area contributed by atoms with Gasteiger partial charge in [-0.05, 0) is 44.2 Å². The van der Waals surface area contributed by atoms with Gasteiger partial charge in [-0.2, -0.15) is 16.7 Å². The van der Waals surface area contributed by atoms with Gasteiger partial charge in [-0.1, -0.05) is 18.5 Å². The largest absolute Gasteiger partial charge is 0.337 e. The number of thioether (sulfide) groups is 1. The SMILES string of the molecule is CCS[C@@H]1CCCCN([C@@H](C)c2nc(-c3cccnc3)no2)C1. The Morgan fingerprint density at radius 2 is 2.35 bits per heavy atom. The topological polar surface area (TPSA) is 55.1 Å². The van der Waals surface area contributed by atoms with E-state index in [4.69, 9.17) is 4.52 Å². The van der Waals surface area contributed by atoms with Crippen LogP contribution in [-0.2, 0) is 0 Å². The van der Waals surface area contributed by atoms with E-state index >= 15 is 0 Å². The summed E-state index contributed by atoms with van der Waals surface area (Å²) >= 11 is 2.07. The lowest BCUT2D eigenvalue weighted by Gasteiger charge is -2.27. The van der Waals surface area contributed by atoms with E-state index in [9.17, 15) is 0 Å². The van der Waals surface area contributed by atoms with Gasteiger partial charge in [-0.3, -0.25) is 9.88 Å². The Morgan fingerprint density at radius 1 is 1.43 bits per heavy atom. The smallest absolute Gasteiger partial charge is 0.244 e. The fourth-order valence-electron chi connectivity index (χ4n) is 3.03. The minimum atomic E-state index is 0.158. The molecule has 0 N–H and O–H groups in total. The van der Waals surface area contributed by atoms with Gasteiger partial charge in [0.1, 0.15) is 0 Å². The summed E-state index contributed by atoms with van der Waals surface area (Å²) in [6.07, 6.45) is 7.38. The third kappa shape index (κ3) is 4.12. The molecule has 0 amide bonds. The van der Waals surface area contributed by atoms with Crippen LogP contribution in [0, 0.1) is 0 Å². The van der Waals surface area contributed by atoms with Crippen molar-refractivity contribution in [2.24, 2.45) is 0 Å². The normalized spacial score (nSPS) is 21.0. The molecular weight excluding hydrogens is 308 g/mol. The second kappa shape index (κ2) is 7.93. The number of rotatable bonds is 5. The van der Waals surface area contributed by atoms with Crippen molar-refractivity contribution in [2.75, 3.05) is 18.8 Å². The average Bonchev–Trinajstić information content (AvgIpc) is 2.96. The number of hydrogen-bond acceptors (Lipinski definition) is 6. The second-order valence-corrected chi connectivity index (χ2v) is 7.52. The van der Waals surface area contributed by atoms with Crippen LogP contribution in [0.1, 0.15) is 45.0 Å². The first-order chi connectivity index (χ1) is 11.3. The zero-order chi connectivity index (χ0) is 16.1. The average molecular weight is 332 g/mol. The van der Waals surface area contributed by atoms with Crippen LogP contribution in [-0.4, -0.2) is 44.1 Å². The number of hydrogen-bond donors (Lipinski definition) is 0. The summed E-state index contributed by atoms with van der Waals surface area (Å²) in [6, 6.07) is 3.99. The third-order valence-electron chi connectivity index (χ3n) is 4.33. The van der Waals surface area contributed by atoms with Crippen molar-refractivity contribution < 1.29 is 4.52 Å². The fraction of sp³-hybridized carbons (Fsp3) is 0.588.